The van der Waals surface area contributed by atoms with Gasteiger partial charge in [-0.05, 0) is 62.3 Å². The molecule has 3 aromatic rings. The molecule has 28 heavy (non-hydrogen) atoms. The second-order valence-corrected chi connectivity index (χ2v) is 6.81. The zero-order valence-electron chi connectivity index (χ0n) is 15.9. The SMILES string of the molecule is COc1ccc(-n2nc(-c3ccco3)cc2C(=O)NCCN2CCCC2)cc1. The Hall–Kier alpha value is -3.06. The molecule has 7 heteroatoms. The summed E-state index contributed by atoms with van der Waals surface area (Å²) < 4.78 is 12.3. The summed E-state index contributed by atoms with van der Waals surface area (Å²) in [7, 11) is 1.62. The molecule has 1 fully saturated rings. The van der Waals surface area contributed by atoms with Crippen molar-refractivity contribution in [3.8, 4) is 22.9 Å². The molecule has 0 unspecified atom stereocenters. The fourth-order valence-corrected chi connectivity index (χ4v) is 3.43. The number of carbonyl (C=O) groups is 1. The van der Waals surface area contributed by atoms with Crippen LogP contribution in [0.2, 0.25) is 0 Å². The fraction of sp³-hybridized carbons (Fsp3) is 0.333. The molecule has 3 heterocycles. The van der Waals surface area contributed by atoms with Crippen LogP contribution in [0, 0.1) is 0 Å². The van der Waals surface area contributed by atoms with Crippen molar-refractivity contribution in [1.82, 2.24) is 20.0 Å². The number of likely N-dealkylation sites (tertiary alicyclic amines) is 1. The molecule has 146 valence electrons. The van der Waals surface area contributed by atoms with Gasteiger partial charge in [0.1, 0.15) is 17.1 Å². The highest BCUT2D eigenvalue weighted by Crippen LogP contribution is 2.23. The van der Waals surface area contributed by atoms with Crippen LogP contribution in [-0.2, 0) is 0 Å². The van der Waals surface area contributed by atoms with Gasteiger partial charge >= 0.3 is 0 Å². The van der Waals surface area contributed by atoms with Gasteiger partial charge in [0.05, 0.1) is 19.1 Å². The lowest BCUT2D eigenvalue weighted by molar-refractivity contribution is 0.0942. The molecule has 0 bridgehead atoms. The summed E-state index contributed by atoms with van der Waals surface area (Å²) in [6.45, 7) is 3.71. The fourth-order valence-electron chi connectivity index (χ4n) is 3.43. The van der Waals surface area contributed by atoms with E-state index in [2.05, 4.69) is 15.3 Å². The monoisotopic (exact) mass is 380 g/mol. The normalized spacial score (nSPS) is 14.3. The van der Waals surface area contributed by atoms with Crippen molar-refractivity contribution in [3.05, 3.63) is 54.4 Å². The number of benzene rings is 1. The molecule has 1 aromatic carbocycles. The number of ether oxygens (including phenoxy) is 1. The molecule has 0 saturated carbocycles. The van der Waals surface area contributed by atoms with Gasteiger partial charge in [-0.15, -0.1) is 0 Å². The maximum atomic E-state index is 12.9. The van der Waals surface area contributed by atoms with Crippen molar-refractivity contribution >= 4 is 5.91 Å². The minimum absolute atomic E-state index is 0.152. The van der Waals surface area contributed by atoms with Crippen LogP contribution in [-0.4, -0.2) is 53.9 Å². The Kier molecular flexibility index (Phi) is 5.43. The Labute approximate surface area is 163 Å². The van der Waals surface area contributed by atoms with Crippen LogP contribution in [0.3, 0.4) is 0 Å². The third kappa shape index (κ3) is 3.94. The van der Waals surface area contributed by atoms with Crippen molar-refractivity contribution in [1.29, 1.82) is 0 Å². The first-order chi connectivity index (χ1) is 13.7. The van der Waals surface area contributed by atoms with Crippen molar-refractivity contribution in [2.75, 3.05) is 33.3 Å². The van der Waals surface area contributed by atoms with Crippen molar-refractivity contribution in [2.24, 2.45) is 0 Å². The second kappa shape index (κ2) is 8.31. The summed E-state index contributed by atoms with van der Waals surface area (Å²) in [5.74, 6) is 1.22. The number of methoxy groups -OCH3 is 1. The predicted octanol–water partition coefficient (Wildman–Crippen LogP) is 2.97. The first-order valence-corrected chi connectivity index (χ1v) is 9.53. The Morgan fingerprint density at radius 3 is 2.68 bits per heavy atom. The van der Waals surface area contributed by atoms with E-state index in [0.29, 0.717) is 23.7 Å². The number of amides is 1. The zero-order chi connectivity index (χ0) is 19.3. The summed E-state index contributed by atoms with van der Waals surface area (Å²) >= 11 is 0. The second-order valence-electron chi connectivity index (χ2n) is 6.81. The standard InChI is InChI=1S/C21H24N4O3/c1-27-17-8-6-16(7-9-17)25-19(15-18(23-25)20-5-4-14-28-20)21(26)22-10-13-24-11-2-3-12-24/h4-9,14-15H,2-3,10-13H2,1H3,(H,22,26). The highest BCUT2D eigenvalue weighted by molar-refractivity contribution is 5.94. The molecule has 1 aliphatic rings. The smallest absolute Gasteiger partial charge is 0.270 e. The molecule has 1 amide bonds. The number of hydrogen-bond acceptors (Lipinski definition) is 5. The lowest BCUT2D eigenvalue weighted by Crippen LogP contribution is -2.34. The first-order valence-electron chi connectivity index (χ1n) is 9.53. The highest BCUT2D eigenvalue weighted by atomic mass is 16.5. The van der Waals surface area contributed by atoms with Gasteiger partial charge in [0.25, 0.3) is 5.91 Å². The Bertz CT molecular complexity index is 910. The minimum atomic E-state index is -0.152. The van der Waals surface area contributed by atoms with Crippen LogP contribution < -0.4 is 10.1 Å². The van der Waals surface area contributed by atoms with Crippen LogP contribution in [0.4, 0.5) is 0 Å². The quantitative estimate of drug-likeness (QED) is 0.682. The van der Waals surface area contributed by atoms with Crippen molar-refractivity contribution < 1.29 is 13.9 Å². The van der Waals surface area contributed by atoms with Gasteiger partial charge in [-0.1, -0.05) is 0 Å². The number of aromatic nitrogens is 2. The number of furan rings is 1. The Morgan fingerprint density at radius 1 is 1.21 bits per heavy atom. The van der Waals surface area contributed by atoms with Crippen molar-refractivity contribution in [2.45, 2.75) is 12.8 Å². The van der Waals surface area contributed by atoms with Crippen LogP contribution in [0.1, 0.15) is 23.3 Å². The third-order valence-corrected chi connectivity index (χ3v) is 4.94. The van der Waals surface area contributed by atoms with E-state index in [1.165, 1.54) is 12.8 Å². The summed E-state index contributed by atoms with van der Waals surface area (Å²) in [6.07, 6.45) is 4.08. The van der Waals surface area contributed by atoms with Crippen LogP contribution in [0.15, 0.2) is 53.1 Å². The average Bonchev–Trinajstić information content (AvgIpc) is 3.48. The molecule has 1 saturated heterocycles. The summed E-state index contributed by atoms with van der Waals surface area (Å²) in [5, 5.41) is 7.62. The van der Waals surface area contributed by atoms with E-state index in [4.69, 9.17) is 9.15 Å². The maximum Gasteiger partial charge on any atom is 0.270 e. The lowest BCUT2D eigenvalue weighted by atomic mass is 10.2. The zero-order valence-corrected chi connectivity index (χ0v) is 15.9. The average molecular weight is 380 g/mol. The van der Waals surface area contributed by atoms with Gasteiger partial charge in [-0.2, -0.15) is 5.10 Å². The van der Waals surface area contributed by atoms with Gasteiger partial charge in [-0.3, -0.25) is 4.79 Å². The molecule has 1 aliphatic heterocycles. The van der Waals surface area contributed by atoms with Gasteiger partial charge in [0.15, 0.2) is 5.76 Å². The Balaban J connectivity index is 1.57. The summed E-state index contributed by atoms with van der Waals surface area (Å²) in [4.78, 5) is 15.2. The number of nitrogens with one attached hydrogen (secondary N) is 1. The maximum absolute atomic E-state index is 12.9. The van der Waals surface area contributed by atoms with Gasteiger partial charge in [0.2, 0.25) is 0 Å². The van der Waals surface area contributed by atoms with Gasteiger partial charge in [0, 0.05) is 19.2 Å². The van der Waals surface area contributed by atoms with Crippen LogP contribution in [0.5, 0.6) is 5.75 Å². The van der Waals surface area contributed by atoms with E-state index in [9.17, 15) is 4.79 Å². The first kappa shape index (κ1) is 18.3. The lowest BCUT2D eigenvalue weighted by Gasteiger charge is -2.15. The van der Waals surface area contributed by atoms with E-state index in [1.54, 1.807) is 30.2 Å². The predicted molar refractivity (Wildman–Crippen MR) is 106 cm³/mol. The number of carbonyl (C=O) groups excluding carboxylic acids is 1. The molecular formula is C21H24N4O3. The number of rotatable bonds is 7. The number of hydrogen-bond donors (Lipinski definition) is 1. The van der Waals surface area contributed by atoms with Crippen LogP contribution in [0.25, 0.3) is 17.1 Å². The topological polar surface area (TPSA) is 72.5 Å². The highest BCUT2D eigenvalue weighted by Gasteiger charge is 2.19. The molecule has 0 radical (unpaired) electrons. The van der Waals surface area contributed by atoms with E-state index in [1.807, 2.05) is 30.3 Å². The molecule has 2 aromatic heterocycles. The number of nitrogens with zero attached hydrogens (tertiary/aromatic N) is 3. The molecule has 0 aliphatic carbocycles. The minimum Gasteiger partial charge on any atom is -0.497 e. The summed E-state index contributed by atoms with van der Waals surface area (Å²) in [6, 6.07) is 12.8. The van der Waals surface area contributed by atoms with E-state index in [0.717, 1.165) is 31.1 Å². The van der Waals surface area contributed by atoms with Crippen LogP contribution >= 0.6 is 0 Å². The largest absolute Gasteiger partial charge is 0.497 e. The van der Waals surface area contributed by atoms with Crippen molar-refractivity contribution in [3.63, 3.8) is 0 Å². The molecule has 0 atom stereocenters. The van der Waals surface area contributed by atoms with E-state index >= 15 is 0 Å². The summed E-state index contributed by atoms with van der Waals surface area (Å²) in [5.41, 5.74) is 1.87. The molecule has 1 N–H and O–H groups in total. The molecule has 0 spiro atoms. The molecular weight excluding hydrogens is 356 g/mol. The third-order valence-electron chi connectivity index (χ3n) is 4.94. The molecule has 4 rings (SSSR count). The Morgan fingerprint density at radius 2 is 2.00 bits per heavy atom. The van der Waals surface area contributed by atoms with Gasteiger partial charge < -0.3 is 19.4 Å². The van der Waals surface area contributed by atoms with Gasteiger partial charge in [-0.25, -0.2) is 4.68 Å². The van der Waals surface area contributed by atoms with E-state index in [-0.39, 0.29) is 5.91 Å². The van der Waals surface area contributed by atoms with E-state index < -0.39 is 0 Å². The molecule has 7 nitrogen and oxygen atoms in total.